The molecule has 4 aromatic rings. The van der Waals surface area contributed by atoms with Crippen LogP contribution >= 0.6 is 23.4 Å². The Balaban J connectivity index is 1.72. The highest BCUT2D eigenvalue weighted by Gasteiger charge is 2.18. The number of benzene rings is 2. The molecular weight excluding hydrogens is 410 g/mol. The molecule has 0 N–H and O–H groups in total. The molecule has 7 nitrogen and oxygen atoms in total. The summed E-state index contributed by atoms with van der Waals surface area (Å²) in [6.45, 7) is 1.97. The second kappa shape index (κ2) is 8.67. The molecule has 148 valence electrons. The monoisotopic (exact) mass is 427 g/mol. The molecular formula is C20H18ClN5O2S. The first-order chi connectivity index (χ1) is 14.2. The van der Waals surface area contributed by atoms with Gasteiger partial charge in [-0.2, -0.15) is 4.98 Å². The van der Waals surface area contributed by atoms with E-state index < -0.39 is 0 Å². The zero-order valence-electron chi connectivity index (χ0n) is 15.9. The van der Waals surface area contributed by atoms with Crippen molar-refractivity contribution in [1.29, 1.82) is 0 Å². The van der Waals surface area contributed by atoms with Crippen LogP contribution < -0.4 is 4.74 Å². The zero-order chi connectivity index (χ0) is 20.2. The van der Waals surface area contributed by atoms with Crippen molar-refractivity contribution in [3.05, 3.63) is 65.3 Å². The smallest absolute Gasteiger partial charge is 0.226 e. The molecule has 0 saturated heterocycles. The van der Waals surface area contributed by atoms with Crippen molar-refractivity contribution < 1.29 is 9.26 Å². The van der Waals surface area contributed by atoms with E-state index in [9.17, 15) is 0 Å². The predicted octanol–water partition coefficient (Wildman–Crippen LogP) is 4.83. The lowest BCUT2D eigenvalue weighted by molar-refractivity contribution is 0.378. The number of hydrogen-bond acceptors (Lipinski definition) is 7. The van der Waals surface area contributed by atoms with Gasteiger partial charge in [-0.3, -0.25) is 4.57 Å². The summed E-state index contributed by atoms with van der Waals surface area (Å²) in [4.78, 5) is 4.36. The third-order valence-corrected chi connectivity index (χ3v) is 5.37. The summed E-state index contributed by atoms with van der Waals surface area (Å²) in [7, 11) is 1.64. The Morgan fingerprint density at radius 1 is 1.14 bits per heavy atom. The third-order valence-electron chi connectivity index (χ3n) is 4.19. The minimum absolute atomic E-state index is 0.521. The fourth-order valence-corrected chi connectivity index (χ4v) is 3.68. The van der Waals surface area contributed by atoms with Crippen molar-refractivity contribution in [2.75, 3.05) is 7.11 Å². The van der Waals surface area contributed by atoms with E-state index in [0.29, 0.717) is 39.9 Å². The quantitative estimate of drug-likeness (QED) is 0.390. The van der Waals surface area contributed by atoms with Crippen LogP contribution in [0, 0.1) is 0 Å². The summed E-state index contributed by atoms with van der Waals surface area (Å²) in [6.07, 6.45) is 0.707. The van der Waals surface area contributed by atoms with E-state index >= 15 is 0 Å². The van der Waals surface area contributed by atoms with E-state index in [4.69, 9.17) is 20.9 Å². The Labute approximate surface area is 177 Å². The van der Waals surface area contributed by atoms with Crippen molar-refractivity contribution in [2.24, 2.45) is 0 Å². The van der Waals surface area contributed by atoms with Gasteiger partial charge in [-0.1, -0.05) is 47.6 Å². The van der Waals surface area contributed by atoms with Gasteiger partial charge >= 0.3 is 0 Å². The average molecular weight is 428 g/mol. The van der Waals surface area contributed by atoms with Crippen molar-refractivity contribution in [2.45, 2.75) is 24.3 Å². The number of hydrogen-bond donors (Lipinski definition) is 0. The molecule has 2 aromatic carbocycles. The highest BCUT2D eigenvalue weighted by molar-refractivity contribution is 7.98. The zero-order valence-corrected chi connectivity index (χ0v) is 17.4. The lowest BCUT2D eigenvalue weighted by Gasteiger charge is -2.11. The lowest BCUT2D eigenvalue weighted by atomic mass is 10.2. The SMILES string of the molecule is CCc1nc(CSc2nnc(-c3cccc(OC)c3)n2-c2ccc(Cl)cc2)no1. The molecule has 0 aliphatic heterocycles. The topological polar surface area (TPSA) is 78.9 Å². The van der Waals surface area contributed by atoms with Gasteiger partial charge in [-0.25, -0.2) is 0 Å². The fraction of sp³-hybridized carbons (Fsp3) is 0.200. The van der Waals surface area contributed by atoms with E-state index in [1.54, 1.807) is 7.11 Å². The predicted molar refractivity (Wildman–Crippen MR) is 112 cm³/mol. The molecule has 2 heterocycles. The molecule has 29 heavy (non-hydrogen) atoms. The van der Waals surface area contributed by atoms with Crippen molar-refractivity contribution in [1.82, 2.24) is 24.9 Å². The molecule has 4 rings (SSSR count). The van der Waals surface area contributed by atoms with Gasteiger partial charge in [0.2, 0.25) is 5.89 Å². The Morgan fingerprint density at radius 2 is 1.97 bits per heavy atom. The van der Waals surface area contributed by atoms with Gasteiger partial charge in [-0.05, 0) is 36.4 Å². The van der Waals surface area contributed by atoms with E-state index in [1.165, 1.54) is 11.8 Å². The maximum atomic E-state index is 6.08. The number of rotatable bonds is 7. The Kier molecular flexibility index (Phi) is 5.82. The molecule has 9 heteroatoms. The number of aryl methyl sites for hydroxylation is 1. The standard InChI is InChI=1S/C20H18ClN5O2S/c1-3-18-22-17(25-28-18)12-29-20-24-23-19(13-5-4-6-16(11-13)27-2)26(20)15-9-7-14(21)8-10-15/h4-11H,3,12H2,1-2H3. The van der Waals surface area contributed by atoms with Gasteiger partial charge in [0.1, 0.15) is 5.75 Å². The van der Waals surface area contributed by atoms with Crippen LogP contribution in [0.25, 0.3) is 17.1 Å². The fourth-order valence-electron chi connectivity index (χ4n) is 2.76. The molecule has 0 unspecified atom stereocenters. The second-order valence-electron chi connectivity index (χ2n) is 6.10. The minimum Gasteiger partial charge on any atom is -0.497 e. The molecule has 0 saturated carbocycles. The second-order valence-corrected chi connectivity index (χ2v) is 7.48. The Bertz CT molecular complexity index is 1110. The van der Waals surface area contributed by atoms with Gasteiger partial charge in [0.15, 0.2) is 16.8 Å². The lowest BCUT2D eigenvalue weighted by Crippen LogP contribution is -2.00. The van der Waals surface area contributed by atoms with Crippen molar-refractivity contribution in [3.63, 3.8) is 0 Å². The molecule has 0 radical (unpaired) electrons. The van der Waals surface area contributed by atoms with Crippen LogP contribution in [0.15, 0.2) is 58.2 Å². The van der Waals surface area contributed by atoms with E-state index in [2.05, 4.69) is 20.3 Å². The molecule has 0 fully saturated rings. The first-order valence-corrected chi connectivity index (χ1v) is 10.3. The number of thioether (sulfide) groups is 1. The van der Waals surface area contributed by atoms with Crippen molar-refractivity contribution in [3.8, 4) is 22.8 Å². The normalized spacial score (nSPS) is 11.0. The van der Waals surface area contributed by atoms with Gasteiger partial charge in [0, 0.05) is 22.7 Å². The summed E-state index contributed by atoms with van der Waals surface area (Å²) >= 11 is 7.57. The molecule has 0 amide bonds. The first kappa shape index (κ1) is 19.5. The van der Waals surface area contributed by atoms with E-state index in [0.717, 1.165) is 17.0 Å². The van der Waals surface area contributed by atoms with Crippen LogP contribution in [-0.2, 0) is 12.2 Å². The Hall–Kier alpha value is -2.84. The molecule has 0 bridgehead atoms. The van der Waals surface area contributed by atoms with Crippen LogP contribution in [0.4, 0.5) is 0 Å². The molecule has 0 atom stereocenters. The van der Waals surface area contributed by atoms with Crippen LogP contribution in [0.1, 0.15) is 18.6 Å². The van der Waals surface area contributed by atoms with Crippen LogP contribution in [0.2, 0.25) is 5.02 Å². The molecule has 2 aromatic heterocycles. The van der Waals surface area contributed by atoms with Crippen LogP contribution in [0.5, 0.6) is 5.75 Å². The number of aromatic nitrogens is 5. The molecule has 0 spiro atoms. The number of halogens is 1. The summed E-state index contributed by atoms with van der Waals surface area (Å²) in [5.41, 5.74) is 1.80. The number of methoxy groups -OCH3 is 1. The molecule has 0 aliphatic rings. The Morgan fingerprint density at radius 3 is 2.69 bits per heavy atom. The summed E-state index contributed by atoms with van der Waals surface area (Å²) in [6, 6.07) is 15.3. The van der Waals surface area contributed by atoms with E-state index in [1.807, 2.05) is 60.0 Å². The average Bonchev–Trinajstić information content (AvgIpc) is 3.39. The van der Waals surface area contributed by atoms with Gasteiger partial charge in [0.25, 0.3) is 0 Å². The van der Waals surface area contributed by atoms with Crippen molar-refractivity contribution >= 4 is 23.4 Å². The van der Waals surface area contributed by atoms with Crippen LogP contribution in [-0.4, -0.2) is 32.0 Å². The summed E-state index contributed by atoms with van der Waals surface area (Å²) in [5, 5.41) is 14.2. The molecule has 0 aliphatic carbocycles. The van der Waals surface area contributed by atoms with E-state index in [-0.39, 0.29) is 0 Å². The first-order valence-electron chi connectivity index (χ1n) is 8.98. The number of ether oxygens (including phenoxy) is 1. The van der Waals surface area contributed by atoms with Gasteiger partial charge < -0.3 is 9.26 Å². The third kappa shape index (κ3) is 4.28. The summed E-state index contributed by atoms with van der Waals surface area (Å²) in [5.74, 6) is 3.22. The number of nitrogens with zero attached hydrogens (tertiary/aromatic N) is 5. The highest BCUT2D eigenvalue weighted by atomic mass is 35.5. The minimum atomic E-state index is 0.521. The summed E-state index contributed by atoms with van der Waals surface area (Å²) < 4.78 is 12.5. The van der Waals surface area contributed by atoms with Gasteiger partial charge in [-0.15, -0.1) is 10.2 Å². The maximum absolute atomic E-state index is 6.08. The highest BCUT2D eigenvalue weighted by Crippen LogP contribution is 2.31. The largest absolute Gasteiger partial charge is 0.497 e. The van der Waals surface area contributed by atoms with Gasteiger partial charge in [0.05, 0.1) is 12.9 Å². The van der Waals surface area contributed by atoms with Crippen LogP contribution in [0.3, 0.4) is 0 Å². The maximum Gasteiger partial charge on any atom is 0.226 e.